The predicted octanol–water partition coefficient (Wildman–Crippen LogP) is 4.22. The highest BCUT2D eigenvalue weighted by molar-refractivity contribution is 5.87. The zero-order valence-corrected chi connectivity index (χ0v) is 13.9. The SMILES string of the molecule is CC1(C)N[C@H]2C[C@@]3(C=Nc4ccccc43)[C@]3(C)CC[C@H]1C[C@@H]23. The third-order valence-electron chi connectivity index (χ3n) is 7.80. The maximum absolute atomic E-state index is 4.84. The number of nitrogens with one attached hydrogen (secondary N) is 1. The molecule has 2 heteroatoms. The summed E-state index contributed by atoms with van der Waals surface area (Å²) in [7, 11) is 0. The predicted molar refractivity (Wildman–Crippen MR) is 90.8 cm³/mol. The number of fused-ring (bicyclic) bond motifs is 4. The van der Waals surface area contributed by atoms with E-state index in [0.717, 1.165) is 11.8 Å². The van der Waals surface area contributed by atoms with Crippen molar-refractivity contribution in [1.82, 2.24) is 5.32 Å². The van der Waals surface area contributed by atoms with Crippen LogP contribution in [-0.4, -0.2) is 17.8 Å². The summed E-state index contributed by atoms with van der Waals surface area (Å²) in [5.74, 6) is 1.64. The molecule has 0 radical (unpaired) electrons. The molecule has 2 bridgehead atoms. The smallest absolute Gasteiger partial charge is 0.0667 e. The summed E-state index contributed by atoms with van der Waals surface area (Å²) < 4.78 is 0. The monoisotopic (exact) mass is 294 g/mol. The Morgan fingerprint density at radius 2 is 2.00 bits per heavy atom. The molecule has 1 aromatic carbocycles. The normalized spacial score (nSPS) is 47.0. The van der Waals surface area contributed by atoms with Gasteiger partial charge in [-0.2, -0.15) is 0 Å². The molecule has 1 spiro atoms. The highest BCUT2D eigenvalue weighted by Gasteiger charge is 2.66. The Balaban J connectivity index is 1.68. The molecule has 2 heterocycles. The van der Waals surface area contributed by atoms with E-state index in [1.807, 2.05) is 0 Å². The molecule has 0 amide bonds. The number of hydrogen-bond donors (Lipinski definition) is 1. The van der Waals surface area contributed by atoms with Crippen LogP contribution in [0.15, 0.2) is 29.3 Å². The van der Waals surface area contributed by atoms with Crippen molar-refractivity contribution in [3.05, 3.63) is 29.8 Å². The standard InChI is InChI=1S/C20H26N2/c1-18(2)13-8-9-19(3)15(10-13)17(22-18)11-20(19)12-21-16-7-5-4-6-14(16)20/h4-7,12-13,15,17,22H,8-11H2,1-3H3/t13-,15-,17-,19+,20-/m0/s1. The number of para-hydroxylation sites is 1. The van der Waals surface area contributed by atoms with Crippen molar-refractivity contribution in [2.75, 3.05) is 0 Å². The third-order valence-corrected chi connectivity index (χ3v) is 7.80. The van der Waals surface area contributed by atoms with Crippen LogP contribution in [0.2, 0.25) is 0 Å². The lowest BCUT2D eigenvalue weighted by Crippen LogP contribution is -2.61. The summed E-state index contributed by atoms with van der Waals surface area (Å²) >= 11 is 0. The second kappa shape index (κ2) is 3.84. The van der Waals surface area contributed by atoms with Crippen LogP contribution in [0.5, 0.6) is 0 Å². The Hall–Kier alpha value is -1.15. The molecular formula is C20H26N2. The van der Waals surface area contributed by atoms with Crippen LogP contribution in [0.4, 0.5) is 5.69 Å². The van der Waals surface area contributed by atoms with Crippen molar-refractivity contribution in [2.45, 2.75) is 63.5 Å². The van der Waals surface area contributed by atoms with Gasteiger partial charge in [0, 0.05) is 23.2 Å². The lowest BCUT2D eigenvalue weighted by atomic mass is 9.53. The van der Waals surface area contributed by atoms with Crippen LogP contribution in [0.1, 0.15) is 52.0 Å². The molecular weight excluding hydrogens is 268 g/mol. The van der Waals surface area contributed by atoms with Crippen molar-refractivity contribution in [2.24, 2.45) is 22.2 Å². The molecule has 1 aromatic rings. The molecule has 2 aliphatic carbocycles. The largest absolute Gasteiger partial charge is 0.308 e. The Labute approximate surface area is 133 Å². The molecule has 5 rings (SSSR count). The average Bonchev–Trinajstić information content (AvgIpc) is 2.98. The topological polar surface area (TPSA) is 24.4 Å². The van der Waals surface area contributed by atoms with Crippen molar-refractivity contribution in [1.29, 1.82) is 0 Å². The Morgan fingerprint density at radius 3 is 2.86 bits per heavy atom. The summed E-state index contributed by atoms with van der Waals surface area (Å²) in [6, 6.07) is 9.49. The van der Waals surface area contributed by atoms with Crippen LogP contribution in [0.25, 0.3) is 0 Å². The van der Waals surface area contributed by atoms with E-state index in [1.54, 1.807) is 0 Å². The van der Waals surface area contributed by atoms with E-state index in [0.29, 0.717) is 17.0 Å². The fraction of sp³-hybridized carbons (Fsp3) is 0.650. The highest BCUT2D eigenvalue weighted by Crippen LogP contribution is 2.67. The second-order valence-corrected chi connectivity index (χ2v) is 8.92. The van der Waals surface area contributed by atoms with Gasteiger partial charge in [0.25, 0.3) is 0 Å². The van der Waals surface area contributed by atoms with Gasteiger partial charge in [-0.15, -0.1) is 0 Å². The van der Waals surface area contributed by atoms with E-state index in [4.69, 9.17) is 4.99 Å². The number of aliphatic imine (C=N–C) groups is 1. The minimum Gasteiger partial charge on any atom is -0.308 e. The van der Waals surface area contributed by atoms with Gasteiger partial charge in [-0.25, -0.2) is 0 Å². The van der Waals surface area contributed by atoms with Gasteiger partial charge in [0.2, 0.25) is 0 Å². The van der Waals surface area contributed by atoms with Crippen molar-refractivity contribution >= 4 is 11.9 Å². The van der Waals surface area contributed by atoms with Crippen LogP contribution < -0.4 is 5.32 Å². The quantitative estimate of drug-likeness (QED) is 0.761. The van der Waals surface area contributed by atoms with Crippen molar-refractivity contribution in [3.8, 4) is 0 Å². The molecule has 22 heavy (non-hydrogen) atoms. The van der Waals surface area contributed by atoms with Gasteiger partial charge in [-0.3, -0.25) is 4.99 Å². The van der Waals surface area contributed by atoms with Crippen LogP contribution in [0, 0.1) is 17.3 Å². The fourth-order valence-electron chi connectivity index (χ4n) is 6.46. The molecule has 116 valence electrons. The van der Waals surface area contributed by atoms with Crippen molar-refractivity contribution in [3.63, 3.8) is 0 Å². The zero-order valence-electron chi connectivity index (χ0n) is 13.9. The van der Waals surface area contributed by atoms with Gasteiger partial charge in [-0.1, -0.05) is 25.1 Å². The molecule has 0 unspecified atom stereocenters. The van der Waals surface area contributed by atoms with E-state index >= 15 is 0 Å². The molecule has 2 aliphatic heterocycles. The molecule has 1 N–H and O–H groups in total. The minimum atomic E-state index is 0.164. The first-order valence-corrected chi connectivity index (χ1v) is 8.89. The van der Waals surface area contributed by atoms with Crippen LogP contribution in [0.3, 0.4) is 0 Å². The first-order chi connectivity index (χ1) is 10.5. The summed E-state index contributed by atoms with van der Waals surface area (Å²) in [6.07, 6.45) is 7.66. The van der Waals surface area contributed by atoms with Gasteiger partial charge in [-0.05, 0) is 68.4 Å². The number of benzene rings is 1. The first-order valence-electron chi connectivity index (χ1n) is 8.89. The fourth-order valence-corrected chi connectivity index (χ4v) is 6.46. The van der Waals surface area contributed by atoms with E-state index in [-0.39, 0.29) is 5.41 Å². The lowest BCUT2D eigenvalue weighted by molar-refractivity contribution is -0.00299. The minimum absolute atomic E-state index is 0.164. The first kappa shape index (κ1) is 13.3. The van der Waals surface area contributed by atoms with E-state index in [1.165, 1.54) is 36.9 Å². The van der Waals surface area contributed by atoms with E-state index < -0.39 is 0 Å². The summed E-state index contributed by atoms with van der Waals surface area (Å²) in [6.45, 7) is 7.39. The summed E-state index contributed by atoms with van der Waals surface area (Å²) in [4.78, 5) is 4.84. The summed E-state index contributed by atoms with van der Waals surface area (Å²) in [5, 5.41) is 4.03. The lowest BCUT2D eigenvalue weighted by Gasteiger charge is -2.55. The molecule has 0 aromatic heterocycles. The molecule has 2 nitrogen and oxygen atoms in total. The average molecular weight is 294 g/mol. The molecule has 1 saturated heterocycles. The van der Waals surface area contributed by atoms with Gasteiger partial charge >= 0.3 is 0 Å². The molecule has 3 fully saturated rings. The van der Waals surface area contributed by atoms with Crippen molar-refractivity contribution < 1.29 is 0 Å². The van der Waals surface area contributed by atoms with Gasteiger partial charge < -0.3 is 5.32 Å². The highest BCUT2D eigenvalue weighted by atomic mass is 15.1. The van der Waals surface area contributed by atoms with E-state index in [9.17, 15) is 0 Å². The summed E-state index contributed by atoms with van der Waals surface area (Å²) in [5.41, 5.74) is 3.53. The number of hydrogen-bond acceptors (Lipinski definition) is 2. The van der Waals surface area contributed by atoms with Gasteiger partial charge in [0.05, 0.1) is 5.69 Å². The Bertz CT molecular complexity index is 676. The zero-order chi connectivity index (χ0) is 15.2. The number of rotatable bonds is 0. The third kappa shape index (κ3) is 1.34. The van der Waals surface area contributed by atoms with E-state index in [2.05, 4.69) is 56.6 Å². The number of piperidine rings is 1. The van der Waals surface area contributed by atoms with Crippen LogP contribution in [-0.2, 0) is 5.41 Å². The molecule has 2 saturated carbocycles. The van der Waals surface area contributed by atoms with Gasteiger partial charge in [0.1, 0.15) is 0 Å². The Morgan fingerprint density at radius 1 is 1.18 bits per heavy atom. The van der Waals surface area contributed by atoms with Gasteiger partial charge in [0.15, 0.2) is 0 Å². The van der Waals surface area contributed by atoms with Crippen LogP contribution >= 0.6 is 0 Å². The molecule has 5 atom stereocenters. The molecule has 4 aliphatic rings. The second-order valence-electron chi connectivity index (χ2n) is 8.92. The number of nitrogens with zero attached hydrogens (tertiary/aromatic N) is 1. The maximum Gasteiger partial charge on any atom is 0.0667 e. The Kier molecular flexibility index (Phi) is 2.32. The maximum atomic E-state index is 4.84.